The lowest BCUT2D eigenvalue weighted by Crippen LogP contribution is -2.43. The number of nitrogens with zero attached hydrogens (tertiary/aromatic N) is 1. The van der Waals surface area contributed by atoms with E-state index in [4.69, 9.17) is 5.73 Å². The Labute approximate surface area is 112 Å². The highest BCUT2D eigenvalue weighted by Crippen LogP contribution is 2.25. The summed E-state index contributed by atoms with van der Waals surface area (Å²) in [5.41, 5.74) is 5.70. The van der Waals surface area contributed by atoms with E-state index < -0.39 is 0 Å². The molecule has 1 atom stereocenters. The van der Waals surface area contributed by atoms with Gasteiger partial charge in [-0.2, -0.15) is 0 Å². The average Bonchev–Trinajstić information content (AvgIpc) is 2.67. The van der Waals surface area contributed by atoms with Crippen LogP contribution < -0.4 is 5.73 Å². The smallest absolute Gasteiger partial charge is 0.223 e. The van der Waals surface area contributed by atoms with Crippen molar-refractivity contribution in [3.63, 3.8) is 0 Å². The number of carbonyl (C=O) groups excluding carboxylic acids is 1. The van der Waals surface area contributed by atoms with Gasteiger partial charge in [-0.05, 0) is 40.0 Å². The molecule has 1 unspecified atom stereocenters. The van der Waals surface area contributed by atoms with Gasteiger partial charge in [-0.25, -0.2) is 0 Å². The van der Waals surface area contributed by atoms with Crippen LogP contribution in [0.2, 0.25) is 0 Å². The van der Waals surface area contributed by atoms with E-state index in [1.165, 1.54) is 25.7 Å². The number of rotatable bonds is 5. The maximum absolute atomic E-state index is 12.1. The molecule has 0 aromatic heterocycles. The molecule has 3 nitrogen and oxygen atoms in total. The summed E-state index contributed by atoms with van der Waals surface area (Å²) < 4.78 is 0. The highest BCUT2D eigenvalue weighted by atomic mass is 35.5. The maximum Gasteiger partial charge on any atom is 0.223 e. The summed E-state index contributed by atoms with van der Waals surface area (Å²) in [6.45, 7) is 6.19. The number of nitrogens with two attached hydrogens (primary N) is 1. The predicted octanol–water partition coefficient (Wildman–Crippen LogP) is 2.72. The normalized spacial score (nSPS) is 17.9. The average molecular weight is 263 g/mol. The Hall–Kier alpha value is -0.280. The van der Waals surface area contributed by atoms with Crippen molar-refractivity contribution in [3.05, 3.63) is 0 Å². The number of amides is 1. The van der Waals surface area contributed by atoms with Gasteiger partial charge in [0.1, 0.15) is 0 Å². The molecule has 0 aliphatic heterocycles. The summed E-state index contributed by atoms with van der Waals surface area (Å²) in [5, 5.41) is 0. The van der Waals surface area contributed by atoms with Gasteiger partial charge in [-0.15, -0.1) is 12.4 Å². The number of carbonyl (C=O) groups is 1. The Morgan fingerprint density at radius 1 is 1.29 bits per heavy atom. The lowest BCUT2D eigenvalue weighted by Gasteiger charge is -2.33. The zero-order valence-corrected chi connectivity index (χ0v) is 12.1. The molecule has 0 spiro atoms. The van der Waals surface area contributed by atoms with Crippen LogP contribution in [0.3, 0.4) is 0 Å². The van der Waals surface area contributed by atoms with Crippen molar-refractivity contribution in [2.45, 2.75) is 77.4 Å². The molecule has 0 radical (unpaired) electrons. The van der Waals surface area contributed by atoms with Crippen molar-refractivity contribution in [2.24, 2.45) is 5.73 Å². The molecule has 0 aromatic rings. The Kier molecular flexibility index (Phi) is 7.80. The minimum atomic E-state index is 0. The Morgan fingerprint density at radius 3 is 2.24 bits per heavy atom. The van der Waals surface area contributed by atoms with Crippen LogP contribution in [0.5, 0.6) is 0 Å². The fraction of sp³-hybridized carbons (Fsp3) is 0.923. The fourth-order valence-corrected chi connectivity index (χ4v) is 2.58. The van der Waals surface area contributed by atoms with E-state index in [2.05, 4.69) is 18.7 Å². The molecule has 0 saturated heterocycles. The Balaban J connectivity index is 0.00000256. The minimum absolute atomic E-state index is 0. The van der Waals surface area contributed by atoms with Crippen molar-refractivity contribution in [1.82, 2.24) is 4.90 Å². The quantitative estimate of drug-likeness (QED) is 0.828. The van der Waals surface area contributed by atoms with Gasteiger partial charge in [-0.3, -0.25) is 4.79 Å². The molecule has 0 aromatic carbocycles. The first-order chi connectivity index (χ1) is 7.52. The van der Waals surface area contributed by atoms with E-state index in [0.29, 0.717) is 24.4 Å². The number of halogens is 1. The Bertz CT molecular complexity index is 225. The summed E-state index contributed by atoms with van der Waals surface area (Å²) in [5.74, 6) is 0.291. The number of hydrogen-bond acceptors (Lipinski definition) is 2. The molecule has 1 saturated carbocycles. The molecule has 1 aliphatic rings. The molecular weight excluding hydrogens is 236 g/mol. The van der Waals surface area contributed by atoms with Crippen LogP contribution in [0, 0.1) is 0 Å². The summed E-state index contributed by atoms with van der Waals surface area (Å²) in [6, 6.07) is 0.936. The van der Waals surface area contributed by atoms with Gasteiger partial charge < -0.3 is 10.6 Å². The molecule has 1 rings (SSSR count). The monoisotopic (exact) mass is 262 g/mol. The topological polar surface area (TPSA) is 46.3 Å². The van der Waals surface area contributed by atoms with E-state index in [9.17, 15) is 4.79 Å². The van der Waals surface area contributed by atoms with Crippen LogP contribution in [0.1, 0.15) is 59.3 Å². The third-order valence-corrected chi connectivity index (χ3v) is 3.38. The minimum Gasteiger partial charge on any atom is -0.337 e. The lowest BCUT2D eigenvalue weighted by atomic mass is 10.1. The van der Waals surface area contributed by atoms with Crippen LogP contribution in [-0.4, -0.2) is 28.9 Å². The SMILES string of the molecule is CC(N)CCC(=O)N(C(C)C)C1CCCC1.Cl. The molecule has 0 bridgehead atoms. The first-order valence-electron chi connectivity index (χ1n) is 6.59. The summed E-state index contributed by atoms with van der Waals surface area (Å²) in [4.78, 5) is 14.2. The van der Waals surface area contributed by atoms with Crippen LogP contribution in [-0.2, 0) is 4.79 Å². The molecule has 1 fully saturated rings. The van der Waals surface area contributed by atoms with Crippen LogP contribution in [0.25, 0.3) is 0 Å². The summed E-state index contributed by atoms with van der Waals surface area (Å²) in [6.07, 6.45) is 6.31. The van der Waals surface area contributed by atoms with Crippen LogP contribution in [0.15, 0.2) is 0 Å². The highest BCUT2D eigenvalue weighted by molar-refractivity contribution is 5.85. The maximum atomic E-state index is 12.1. The van der Waals surface area contributed by atoms with Crippen molar-refractivity contribution >= 4 is 18.3 Å². The lowest BCUT2D eigenvalue weighted by molar-refractivity contribution is -0.135. The van der Waals surface area contributed by atoms with Gasteiger partial charge in [0.05, 0.1) is 0 Å². The second-order valence-electron chi connectivity index (χ2n) is 5.35. The third kappa shape index (κ3) is 5.26. The molecule has 2 N–H and O–H groups in total. The van der Waals surface area contributed by atoms with Crippen molar-refractivity contribution in [3.8, 4) is 0 Å². The van der Waals surface area contributed by atoms with Gasteiger partial charge in [0.15, 0.2) is 0 Å². The summed E-state index contributed by atoms with van der Waals surface area (Å²) >= 11 is 0. The van der Waals surface area contributed by atoms with E-state index in [1.807, 2.05) is 6.92 Å². The van der Waals surface area contributed by atoms with E-state index >= 15 is 0 Å². The van der Waals surface area contributed by atoms with Gasteiger partial charge >= 0.3 is 0 Å². The fourth-order valence-electron chi connectivity index (χ4n) is 2.58. The van der Waals surface area contributed by atoms with E-state index in [-0.39, 0.29) is 18.4 Å². The molecular formula is C13H27ClN2O. The second kappa shape index (κ2) is 7.93. The zero-order valence-electron chi connectivity index (χ0n) is 11.3. The summed E-state index contributed by atoms with van der Waals surface area (Å²) in [7, 11) is 0. The van der Waals surface area contributed by atoms with Gasteiger partial charge in [0.25, 0.3) is 0 Å². The number of hydrogen-bond donors (Lipinski definition) is 1. The molecule has 17 heavy (non-hydrogen) atoms. The highest BCUT2D eigenvalue weighted by Gasteiger charge is 2.28. The largest absolute Gasteiger partial charge is 0.337 e. The van der Waals surface area contributed by atoms with Crippen molar-refractivity contribution in [2.75, 3.05) is 0 Å². The first-order valence-corrected chi connectivity index (χ1v) is 6.59. The molecule has 1 aliphatic carbocycles. The van der Waals surface area contributed by atoms with Crippen molar-refractivity contribution in [1.29, 1.82) is 0 Å². The van der Waals surface area contributed by atoms with E-state index in [1.54, 1.807) is 0 Å². The third-order valence-electron chi connectivity index (χ3n) is 3.38. The second-order valence-corrected chi connectivity index (χ2v) is 5.35. The standard InChI is InChI=1S/C13H26N2O.ClH/c1-10(2)15(12-6-4-5-7-12)13(16)9-8-11(3)14;/h10-12H,4-9,14H2,1-3H3;1H. The van der Waals surface area contributed by atoms with Crippen LogP contribution >= 0.6 is 12.4 Å². The Morgan fingerprint density at radius 2 is 1.82 bits per heavy atom. The molecule has 102 valence electrons. The van der Waals surface area contributed by atoms with Gasteiger partial charge in [-0.1, -0.05) is 12.8 Å². The van der Waals surface area contributed by atoms with Crippen LogP contribution in [0.4, 0.5) is 0 Å². The molecule has 4 heteroatoms. The molecule has 0 heterocycles. The van der Waals surface area contributed by atoms with Gasteiger partial charge in [0.2, 0.25) is 5.91 Å². The molecule has 1 amide bonds. The first kappa shape index (κ1) is 16.7. The van der Waals surface area contributed by atoms with Gasteiger partial charge in [0, 0.05) is 24.5 Å². The van der Waals surface area contributed by atoms with Crippen molar-refractivity contribution < 1.29 is 4.79 Å². The van der Waals surface area contributed by atoms with E-state index in [0.717, 1.165) is 6.42 Å². The predicted molar refractivity (Wildman–Crippen MR) is 74.4 cm³/mol. The zero-order chi connectivity index (χ0) is 12.1.